The molecule has 1 fully saturated rings. The van der Waals surface area contributed by atoms with Crippen molar-refractivity contribution in [2.45, 2.75) is 59.2 Å². The highest BCUT2D eigenvalue weighted by atomic mass is 32.3. The maximum Gasteiger partial charge on any atom is 0.359 e. The Bertz CT molecular complexity index is 571. The summed E-state index contributed by atoms with van der Waals surface area (Å²) in [6, 6.07) is 0. The zero-order chi connectivity index (χ0) is 22.6. The number of rotatable bonds is 13. The van der Waals surface area contributed by atoms with Crippen LogP contribution in [0.25, 0.3) is 0 Å². The van der Waals surface area contributed by atoms with Crippen LogP contribution in [0.1, 0.15) is 27.7 Å². The van der Waals surface area contributed by atoms with Gasteiger partial charge in [-0.05, 0) is 40.2 Å². The second-order valence-electron chi connectivity index (χ2n) is 7.17. The average molecular weight is 543 g/mol. The van der Waals surface area contributed by atoms with Gasteiger partial charge in [-0.1, -0.05) is 19.6 Å². The molecule has 1 rings (SSSR count). The van der Waals surface area contributed by atoms with E-state index in [1.165, 1.54) is 23.5 Å². The summed E-state index contributed by atoms with van der Waals surface area (Å²) in [5.74, 6) is 0. The van der Waals surface area contributed by atoms with Gasteiger partial charge < -0.3 is 18.1 Å². The van der Waals surface area contributed by atoms with Crippen LogP contribution in [0, 0.1) is 0 Å². The molecular formula is C16H36O6P2S4Si. The van der Waals surface area contributed by atoms with Crippen molar-refractivity contribution in [2.24, 2.45) is 0 Å². The molecule has 0 bridgehead atoms. The molecular weight excluding hydrogens is 506 g/mol. The van der Waals surface area contributed by atoms with Crippen LogP contribution < -0.4 is 0 Å². The lowest BCUT2D eigenvalue weighted by Gasteiger charge is -2.46. The van der Waals surface area contributed by atoms with Crippen molar-refractivity contribution >= 4 is 70.3 Å². The van der Waals surface area contributed by atoms with E-state index in [0.717, 1.165) is 0 Å². The van der Waals surface area contributed by atoms with Crippen molar-refractivity contribution < 1.29 is 27.2 Å². The molecule has 0 saturated carbocycles. The Balaban J connectivity index is 3.91. The van der Waals surface area contributed by atoms with Crippen LogP contribution in [-0.2, 0) is 27.2 Å². The van der Waals surface area contributed by atoms with Crippen molar-refractivity contribution in [1.29, 1.82) is 0 Å². The lowest BCUT2D eigenvalue weighted by Crippen LogP contribution is -2.42. The van der Waals surface area contributed by atoms with Crippen molar-refractivity contribution in [2.75, 3.05) is 38.9 Å². The molecule has 29 heavy (non-hydrogen) atoms. The average Bonchev–Trinajstić information content (AvgIpc) is 3.00. The second-order valence-corrected chi connectivity index (χ2v) is 24.4. The van der Waals surface area contributed by atoms with E-state index >= 15 is 0 Å². The third-order valence-electron chi connectivity index (χ3n) is 4.11. The first kappa shape index (κ1) is 28.9. The zero-order valence-electron chi connectivity index (χ0n) is 18.9. The number of hydrogen-bond donors (Lipinski definition) is 0. The van der Waals surface area contributed by atoms with Crippen LogP contribution in [0.5, 0.6) is 0 Å². The van der Waals surface area contributed by atoms with Crippen LogP contribution in [0.3, 0.4) is 0 Å². The smallest absolute Gasteiger partial charge is 0.307 e. The minimum Gasteiger partial charge on any atom is -0.307 e. The van der Waals surface area contributed by atoms with Crippen molar-refractivity contribution in [3.05, 3.63) is 0 Å². The van der Waals surface area contributed by atoms with Crippen LogP contribution in [0.2, 0.25) is 19.6 Å². The highest BCUT2D eigenvalue weighted by Crippen LogP contribution is 2.91. The normalized spacial score (nSPS) is 28.8. The summed E-state index contributed by atoms with van der Waals surface area (Å²) < 4.78 is 50.0. The largest absolute Gasteiger partial charge is 0.359 e. The summed E-state index contributed by atoms with van der Waals surface area (Å²) in [6.45, 7) is 14.9. The van der Waals surface area contributed by atoms with E-state index < -0.39 is 30.9 Å². The highest BCUT2D eigenvalue weighted by molar-refractivity contribution is 8.42. The van der Waals surface area contributed by atoms with Gasteiger partial charge in [0.1, 0.15) is 0 Å². The molecule has 1 aliphatic rings. The Kier molecular flexibility index (Phi) is 11.3. The van der Waals surface area contributed by atoms with E-state index in [0.29, 0.717) is 0 Å². The van der Waals surface area contributed by atoms with Gasteiger partial charge in [0, 0.05) is 4.21 Å². The summed E-state index contributed by atoms with van der Waals surface area (Å²) in [6.07, 6.45) is 3.77. The minimum absolute atomic E-state index is 0.117. The maximum absolute atomic E-state index is 14.3. The Morgan fingerprint density at radius 3 is 1.21 bits per heavy atom. The fraction of sp³-hybridized carbons (Fsp3) is 1.00. The van der Waals surface area contributed by atoms with Crippen LogP contribution in [0.15, 0.2) is 0 Å². The fourth-order valence-electron chi connectivity index (χ4n) is 2.96. The molecule has 13 heteroatoms. The molecule has 0 amide bonds. The molecule has 0 aromatic carbocycles. The van der Waals surface area contributed by atoms with E-state index in [1.807, 2.05) is 12.5 Å². The Morgan fingerprint density at radius 2 is 1.03 bits per heavy atom. The lowest BCUT2D eigenvalue weighted by molar-refractivity contribution is 0.203. The Labute approximate surface area is 194 Å². The third-order valence-corrected chi connectivity index (χ3v) is 26.2. The van der Waals surface area contributed by atoms with Crippen molar-refractivity contribution in [1.82, 2.24) is 0 Å². The van der Waals surface area contributed by atoms with Crippen LogP contribution in [0.4, 0.5) is 0 Å². The summed E-state index contributed by atoms with van der Waals surface area (Å²) in [7, 11) is -9.17. The van der Waals surface area contributed by atoms with Gasteiger partial charge in [-0.25, -0.2) is 0 Å². The molecule has 1 aliphatic heterocycles. The molecule has 0 aliphatic carbocycles. The van der Waals surface area contributed by atoms with Crippen molar-refractivity contribution in [3.8, 4) is 0 Å². The van der Waals surface area contributed by atoms with Gasteiger partial charge in [0.25, 0.3) is 0 Å². The molecule has 174 valence electrons. The molecule has 0 N–H and O–H groups in total. The highest BCUT2D eigenvalue weighted by Gasteiger charge is 2.79. The first-order chi connectivity index (χ1) is 13.4. The standard InChI is InChI=1S/C16H36O6P2S4Si/c1-10-19-23(17,20-11-2)15(25-5)16(26-6,24(18,21-12-3)22-13-4)28-14(27-15)29(7,8)9/h14H,10-13H2,1-9H3/t14?,15-,16+. The summed E-state index contributed by atoms with van der Waals surface area (Å²) in [4.78, 5) is 0. The minimum atomic E-state index is -3.71. The van der Waals surface area contributed by atoms with Gasteiger partial charge in [0.05, 0.1) is 34.5 Å². The van der Waals surface area contributed by atoms with E-state index in [-0.39, 0.29) is 30.6 Å². The van der Waals surface area contributed by atoms with Gasteiger partial charge in [-0.15, -0.1) is 47.0 Å². The third kappa shape index (κ3) is 5.21. The predicted molar refractivity (Wildman–Crippen MR) is 137 cm³/mol. The topological polar surface area (TPSA) is 71.1 Å². The molecule has 0 aromatic heterocycles. The molecule has 3 atom stereocenters. The van der Waals surface area contributed by atoms with E-state index in [1.54, 1.807) is 51.2 Å². The quantitative estimate of drug-likeness (QED) is 0.176. The van der Waals surface area contributed by atoms with Gasteiger partial charge in [-0.3, -0.25) is 9.13 Å². The second kappa shape index (κ2) is 11.4. The first-order valence-electron chi connectivity index (χ1n) is 9.67. The van der Waals surface area contributed by atoms with E-state index in [9.17, 15) is 9.13 Å². The van der Waals surface area contributed by atoms with Gasteiger partial charge in [0.2, 0.25) is 0 Å². The van der Waals surface area contributed by atoms with E-state index in [2.05, 4.69) is 19.6 Å². The lowest BCUT2D eigenvalue weighted by atomic mass is 10.9. The first-order valence-corrected chi connectivity index (χ1v) is 20.5. The molecule has 0 spiro atoms. The molecule has 6 nitrogen and oxygen atoms in total. The Hall–Kier alpha value is 1.92. The van der Waals surface area contributed by atoms with Crippen LogP contribution in [-0.4, -0.2) is 58.9 Å². The summed E-state index contributed by atoms with van der Waals surface area (Å²) >= 11 is 5.96. The van der Waals surface area contributed by atoms with E-state index in [4.69, 9.17) is 18.1 Å². The maximum atomic E-state index is 14.3. The number of thioether (sulfide) groups is 4. The van der Waals surface area contributed by atoms with Gasteiger partial charge in [0.15, 0.2) is 7.64 Å². The predicted octanol–water partition coefficient (Wildman–Crippen LogP) is 7.24. The molecule has 0 aromatic rings. The molecule has 0 radical (unpaired) electrons. The monoisotopic (exact) mass is 542 g/mol. The SMILES string of the molecule is CCOP(=O)(OCC)[C@@]1(SC)SC([Si](C)(C)C)S[C@@]1(SC)P(=O)(OCC)OCC. The molecule has 1 heterocycles. The number of hydrogen-bond acceptors (Lipinski definition) is 10. The van der Waals surface area contributed by atoms with Crippen molar-refractivity contribution in [3.63, 3.8) is 0 Å². The fourth-order valence-corrected chi connectivity index (χ4v) is 24.7. The Morgan fingerprint density at radius 1 is 0.759 bits per heavy atom. The van der Waals surface area contributed by atoms with Gasteiger partial charge in [-0.2, -0.15) is 0 Å². The molecule has 1 unspecified atom stereocenters. The summed E-state index contributed by atoms with van der Waals surface area (Å²) in [5.41, 5.74) is 0. The van der Waals surface area contributed by atoms with Crippen LogP contribution >= 0.6 is 62.2 Å². The summed E-state index contributed by atoms with van der Waals surface area (Å²) in [5, 5.41) is 0. The zero-order valence-corrected chi connectivity index (χ0v) is 24.9. The molecule has 1 saturated heterocycles. The van der Waals surface area contributed by atoms with Gasteiger partial charge >= 0.3 is 15.2 Å².